The Kier molecular flexibility index (Phi) is 9.60. The predicted octanol–water partition coefficient (Wildman–Crippen LogP) is 7.60. The van der Waals surface area contributed by atoms with E-state index in [1.165, 1.54) is 17.4 Å². The molecule has 0 atom stereocenters. The first-order valence-corrected chi connectivity index (χ1v) is 16.8. The van der Waals surface area contributed by atoms with Crippen molar-refractivity contribution in [3.63, 3.8) is 0 Å². The van der Waals surface area contributed by atoms with E-state index in [1.54, 1.807) is 22.7 Å². The van der Waals surface area contributed by atoms with Crippen LogP contribution in [0.2, 0.25) is 5.15 Å². The average molecular weight is 688 g/mol. The molecule has 0 unspecified atom stereocenters. The SMILES string of the molecule is CN(CCOC(=O)NCc1ccc(COc2cc(Cl)nc(N)n2)cc1)c1cc2sc(/C=C(\C#N)c3nc4ccccc4s3)cc2s1. The van der Waals surface area contributed by atoms with Crippen LogP contribution in [0.25, 0.3) is 31.3 Å². The molecule has 6 aromatic rings. The lowest BCUT2D eigenvalue weighted by Gasteiger charge is -2.16. The fraction of sp³-hybridized carbons (Fsp3) is 0.156. The number of benzene rings is 2. The second-order valence-electron chi connectivity index (χ2n) is 10.0. The van der Waals surface area contributed by atoms with Gasteiger partial charge in [0.15, 0.2) is 0 Å². The molecule has 10 nitrogen and oxygen atoms in total. The molecule has 0 aliphatic carbocycles. The number of fused-ring (bicyclic) bond motifs is 2. The Balaban J connectivity index is 0.950. The molecule has 4 heterocycles. The van der Waals surface area contributed by atoms with Gasteiger partial charge in [0, 0.05) is 33.9 Å². The van der Waals surface area contributed by atoms with Crippen molar-refractivity contribution >= 4 is 93.9 Å². The second kappa shape index (κ2) is 14.1. The van der Waals surface area contributed by atoms with Gasteiger partial charge in [-0.3, -0.25) is 0 Å². The van der Waals surface area contributed by atoms with E-state index in [0.29, 0.717) is 24.5 Å². The molecule has 3 N–H and O–H groups in total. The van der Waals surface area contributed by atoms with E-state index in [9.17, 15) is 10.1 Å². The van der Waals surface area contributed by atoms with Crippen molar-refractivity contribution < 1.29 is 14.3 Å². The van der Waals surface area contributed by atoms with Crippen LogP contribution in [-0.2, 0) is 17.9 Å². The molecule has 0 fully saturated rings. The highest BCUT2D eigenvalue weighted by Gasteiger charge is 2.13. The number of thiophene rings is 2. The summed E-state index contributed by atoms with van der Waals surface area (Å²) < 4.78 is 14.4. The van der Waals surface area contributed by atoms with E-state index < -0.39 is 6.09 Å². The summed E-state index contributed by atoms with van der Waals surface area (Å²) in [5.74, 6) is 0.343. The first-order valence-electron chi connectivity index (χ1n) is 14.0. The number of aromatic nitrogens is 3. The fourth-order valence-electron chi connectivity index (χ4n) is 4.38. The standard InChI is InChI=1S/C32H26ClN7O3S3/c1-40(10-11-42-32(41)36-17-19-6-8-20(9-7-19)18-43-28-15-27(33)38-31(35)39-28)29-14-26-25(45-29)13-22(44-26)12-21(16-34)30-37-23-4-2-3-5-24(23)46-30/h2-9,12-15H,10-11,17-18H2,1H3,(H,36,41)(H2,35,38,39)/b21-12+. The van der Waals surface area contributed by atoms with Crippen LogP contribution in [0.15, 0.2) is 66.7 Å². The van der Waals surface area contributed by atoms with Crippen molar-refractivity contribution in [2.45, 2.75) is 13.2 Å². The van der Waals surface area contributed by atoms with E-state index >= 15 is 0 Å². The van der Waals surface area contributed by atoms with Gasteiger partial charge < -0.3 is 25.4 Å². The Morgan fingerprint density at radius 1 is 1.02 bits per heavy atom. The highest BCUT2D eigenvalue weighted by Crippen LogP contribution is 2.39. The van der Waals surface area contributed by atoms with Gasteiger partial charge in [-0.1, -0.05) is 48.0 Å². The van der Waals surface area contributed by atoms with Crippen LogP contribution in [0.5, 0.6) is 5.88 Å². The van der Waals surface area contributed by atoms with E-state index in [-0.39, 0.29) is 24.3 Å². The topological polar surface area (TPSA) is 139 Å². The Bertz CT molecular complexity index is 2000. The number of ether oxygens (including phenoxy) is 2. The number of hydrogen-bond donors (Lipinski definition) is 2. The van der Waals surface area contributed by atoms with E-state index in [0.717, 1.165) is 45.6 Å². The summed E-state index contributed by atoms with van der Waals surface area (Å²) in [5.41, 5.74) is 8.88. The number of carbonyl (C=O) groups is 1. The van der Waals surface area contributed by atoms with Gasteiger partial charge in [-0.15, -0.1) is 34.0 Å². The maximum absolute atomic E-state index is 12.3. The first-order chi connectivity index (χ1) is 22.3. The molecule has 0 saturated carbocycles. The Hall–Kier alpha value is -4.74. The number of likely N-dealkylation sites (N-methyl/N-ethyl adjacent to an activating group) is 1. The Morgan fingerprint density at radius 3 is 2.57 bits per heavy atom. The van der Waals surface area contributed by atoms with Crippen molar-refractivity contribution in [1.82, 2.24) is 20.3 Å². The molecule has 0 aliphatic rings. The highest BCUT2D eigenvalue weighted by atomic mass is 35.5. The summed E-state index contributed by atoms with van der Waals surface area (Å²) in [5, 5.41) is 14.6. The lowest BCUT2D eigenvalue weighted by atomic mass is 10.1. The molecule has 0 saturated heterocycles. The van der Waals surface area contributed by atoms with Gasteiger partial charge in [-0.2, -0.15) is 10.2 Å². The zero-order valence-electron chi connectivity index (χ0n) is 24.4. The first kappa shape index (κ1) is 31.3. The number of hydrogen-bond acceptors (Lipinski definition) is 12. The number of nitrogens with zero attached hydrogens (tertiary/aromatic N) is 5. The molecule has 0 spiro atoms. The molecule has 232 valence electrons. The van der Waals surface area contributed by atoms with E-state index in [4.69, 9.17) is 26.8 Å². The van der Waals surface area contributed by atoms with Gasteiger partial charge in [0.1, 0.15) is 29.4 Å². The molecule has 0 bridgehead atoms. The summed E-state index contributed by atoms with van der Waals surface area (Å²) in [7, 11) is 1.97. The number of nitrogens with two attached hydrogens (primary N) is 1. The average Bonchev–Trinajstić information content (AvgIpc) is 3.75. The van der Waals surface area contributed by atoms with E-state index in [2.05, 4.69) is 43.4 Å². The maximum atomic E-state index is 12.3. The summed E-state index contributed by atoms with van der Waals surface area (Å²) in [6.45, 7) is 1.40. The van der Waals surface area contributed by atoms with Crippen LogP contribution in [0.1, 0.15) is 21.0 Å². The minimum absolute atomic E-state index is 0.0466. The highest BCUT2D eigenvalue weighted by molar-refractivity contribution is 7.30. The summed E-state index contributed by atoms with van der Waals surface area (Å²) in [6.07, 6.45) is 1.42. The van der Waals surface area contributed by atoms with Gasteiger partial charge in [0.2, 0.25) is 11.8 Å². The third kappa shape index (κ3) is 7.72. The molecule has 46 heavy (non-hydrogen) atoms. The number of anilines is 2. The van der Waals surface area contributed by atoms with Crippen LogP contribution < -0.4 is 20.7 Å². The zero-order chi connectivity index (χ0) is 32.0. The molecule has 1 amide bonds. The van der Waals surface area contributed by atoms with Crippen LogP contribution >= 0.6 is 45.6 Å². The van der Waals surface area contributed by atoms with Crippen molar-refractivity contribution in [3.05, 3.63) is 92.9 Å². The van der Waals surface area contributed by atoms with Crippen molar-refractivity contribution in [1.29, 1.82) is 5.26 Å². The number of rotatable bonds is 11. The number of carbonyl (C=O) groups excluding carboxylic acids is 1. The number of para-hydroxylation sites is 1. The number of nitrogens with one attached hydrogen (secondary N) is 1. The van der Waals surface area contributed by atoms with Crippen molar-refractivity contribution in [3.8, 4) is 11.9 Å². The molecule has 2 aromatic carbocycles. The predicted molar refractivity (Wildman–Crippen MR) is 186 cm³/mol. The minimum Gasteiger partial charge on any atom is -0.473 e. The van der Waals surface area contributed by atoms with Crippen molar-refractivity contribution in [2.24, 2.45) is 0 Å². The van der Waals surface area contributed by atoms with Crippen LogP contribution in [0, 0.1) is 11.3 Å². The number of allylic oxidation sites excluding steroid dienone is 1. The molecule has 14 heteroatoms. The van der Waals surface area contributed by atoms with Gasteiger partial charge in [0.25, 0.3) is 0 Å². The summed E-state index contributed by atoms with van der Waals surface area (Å²) in [4.78, 5) is 27.8. The normalized spacial score (nSPS) is 11.5. The molecular formula is C32H26ClN7O3S3. The van der Waals surface area contributed by atoms with Crippen LogP contribution in [0.3, 0.4) is 0 Å². The molecule has 0 aliphatic heterocycles. The number of alkyl carbamates (subject to hydrolysis) is 1. The molecular weight excluding hydrogens is 662 g/mol. The minimum atomic E-state index is -0.482. The van der Waals surface area contributed by atoms with Crippen LogP contribution in [0.4, 0.5) is 15.7 Å². The van der Waals surface area contributed by atoms with Gasteiger partial charge >= 0.3 is 6.09 Å². The largest absolute Gasteiger partial charge is 0.473 e. The molecule has 0 radical (unpaired) electrons. The Morgan fingerprint density at radius 2 is 1.80 bits per heavy atom. The third-order valence-electron chi connectivity index (χ3n) is 6.72. The summed E-state index contributed by atoms with van der Waals surface area (Å²) in [6, 6.07) is 23.5. The number of nitriles is 1. The third-order valence-corrected chi connectivity index (χ3v) is 10.3. The van der Waals surface area contributed by atoms with Crippen LogP contribution in [-0.4, -0.2) is 41.2 Å². The smallest absolute Gasteiger partial charge is 0.407 e. The van der Waals surface area contributed by atoms with Gasteiger partial charge in [-0.05, 0) is 41.5 Å². The van der Waals surface area contributed by atoms with Crippen molar-refractivity contribution in [2.75, 3.05) is 30.8 Å². The lowest BCUT2D eigenvalue weighted by molar-refractivity contribution is 0.148. The number of halogens is 1. The Labute approximate surface area is 281 Å². The van der Waals surface area contributed by atoms with Gasteiger partial charge in [0.05, 0.1) is 27.3 Å². The number of amides is 1. The number of thiazole rings is 1. The van der Waals surface area contributed by atoms with Gasteiger partial charge in [-0.25, -0.2) is 14.8 Å². The maximum Gasteiger partial charge on any atom is 0.407 e. The fourth-order valence-corrected chi connectivity index (χ4v) is 7.82. The summed E-state index contributed by atoms with van der Waals surface area (Å²) >= 11 is 10.7. The monoisotopic (exact) mass is 687 g/mol. The molecule has 6 rings (SSSR count). The molecule has 4 aromatic heterocycles. The zero-order valence-corrected chi connectivity index (χ0v) is 27.6. The van der Waals surface area contributed by atoms with E-state index in [1.807, 2.05) is 61.7 Å². The second-order valence-corrected chi connectivity index (χ2v) is 13.6. The number of nitrogen functional groups attached to an aromatic ring is 1. The lowest BCUT2D eigenvalue weighted by Crippen LogP contribution is -2.28. The quantitative estimate of drug-likeness (QED) is 0.104.